The summed E-state index contributed by atoms with van der Waals surface area (Å²) in [5.41, 5.74) is 1.54. The van der Waals surface area contributed by atoms with Crippen LogP contribution in [-0.2, 0) is 21.2 Å². The molecule has 0 saturated heterocycles. The van der Waals surface area contributed by atoms with Crippen LogP contribution in [0.25, 0.3) is 0 Å². The van der Waals surface area contributed by atoms with Crippen LogP contribution in [0, 0.1) is 5.82 Å². The van der Waals surface area contributed by atoms with Crippen molar-refractivity contribution in [1.82, 2.24) is 9.66 Å². The number of nitrogens with zero attached hydrogens (tertiary/aromatic N) is 2. The van der Waals surface area contributed by atoms with Crippen molar-refractivity contribution in [3.05, 3.63) is 102 Å². The second kappa shape index (κ2) is 11.3. The lowest BCUT2D eigenvalue weighted by molar-refractivity contribution is -0.137. The molecule has 0 bridgehead atoms. The van der Waals surface area contributed by atoms with Crippen LogP contribution < -0.4 is 9.57 Å². The topological polar surface area (TPSA) is 111 Å². The number of rotatable bonds is 11. The molecule has 2 N–H and O–H groups in total. The predicted octanol–water partition coefficient (Wildman–Crippen LogP) is 5.68. The van der Waals surface area contributed by atoms with E-state index in [1.54, 1.807) is 20.0 Å². The van der Waals surface area contributed by atoms with Crippen LogP contribution >= 0.6 is 11.8 Å². The summed E-state index contributed by atoms with van der Waals surface area (Å²) >= 11 is 1.17. The van der Waals surface area contributed by atoms with Crippen LogP contribution in [0.2, 0.25) is 0 Å². The van der Waals surface area contributed by atoms with Crippen molar-refractivity contribution in [3.63, 3.8) is 0 Å². The van der Waals surface area contributed by atoms with Crippen LogP contribution in [0.4, 0.5) is 4.39 Å². The first-order valence-corrected chi connectivity index (χ1v) is 13.9. The minimum atomic E-state index is -4.06. The summed E-state index contributed by atoms with van der Waals surface area (Å²) < 4.78 is 46.1. The van der Waals surface area contributed by atoms with E-state index in [1.165, 1.54) is 65.0 Å². The fraction of sp³-hybridized carbons (Fsp3) is 0.185. The van der Waals surface area contributed by atoms with Crippen molar-refractivity contribution in [3.8, 4) is 11.5 Å². The molecule has 0 atom stereocenters. The van der Waals surface area contributed by atoms with E-state index in [1.807, 2.05) is 30.3 Å². The number of carbonyl (C=O) groups is 1. The van der Waals surface area contributed by atoms with Gasteiger partial charge in [-0.3, -0.25) is 4.79 Å². The summed E-state index contributed by atoms with van der Waals surface area (Å²) in [6.07, 6.45) is 1.84. The van der Waals surface area contributed by atoms with Crippen molar-refractivity contribution in [2.75, 3.05) is 4.83 Å². The number of aliphatic carboxylic acids is 1. The highest BCUT2D eigenvalue weighted by Crippen LogP contribution is 2.35. The monoisotopic (exact) mass is 555 g/mol. The zero-order valence-electron chi connectivity index (χ0n) is 20.7. The van der Waals surface area contributed by atoms with Gasteiger partial charge in [0.15, 0.2) is 5.16 Å². The number of hydrogen-bond acceptors (Lipinski definition) is 6. The molecule has 1 aromatic heterocycles. The molecule has 0 aliphatic carbocycles. The fourth-order valence-corrected chi connectivity index (χ4v) is 5.76. The Bertz CT molecular complexity index is 1500. The molecule has 11 heteroatoms. The Kier molecular flexibility index (Phi) is 8.08. The van der Waals surface area contributed by atoms with Gasteiger partial charge in [-0.25, -0.2) is 18.9 Å². The number of halogens is 1. The molecule has 0 aliphatic heterocycles. The lowest BCUT2D eigenvalue weighted by Gasteiger charge is -2.22. The number of imidazole rings is 1. The Balaban J connectivity index is 1.60. The Morgan fingerprint density at radius 3 is 2.24 bits per heavy atom. The lowest BCUT2D eigenvalue weighted by atomic mass is 10.1. The summed E-state index contributed by atoms with van der Waals surface area (Å²) in [6.45, 7) is 3.52. The summed E-state index contributed by atoms with van der Waals surface area (Å²) in [7, 11) is -4.06. The third-order valence-electron chi connectivity index (χ3n) is 5.37. The highest BCUT2D eigenvalue weighted by atomic mass is 32.2. The van der Waals surface area contributed by atoms with Gasteiger partial charge in [-0.05, 0) is 67.9 Å². The summed E-state index contributed by atoms with van der Waals surface area (Å²) in [5.74, 6) is -0.558. The molecule has 198 valence electrons. The van der Waals surface area contributed by atoms with E-state index >= 15 is 0 Å². The molecular weight excluding hydrogens is 529 g/mol. The number of benzene rings is 3. The molecule has 0 aliphatic rings. The minimum absolute atomic E-state index is 0.0101. The molecule has 8 nitrogen and oxygen atoms in total. The first-order valence-electron chi connectivity index (χ1n) is 11.6. The molecule has 0 radical (unpaired) electrons. The lowest BCUT2D eigenvalue weighted by Crippen LogP contribution is -2.27. The SMILES string of the molecule is CC(C)(CC(=O)O)Sc1ncc(Cc2ccccc2)n1NS(=O)(=O)c1ccc(Oc2ccc(F)cc2)cc1. The normalized spacial score (nSPS) is 11.8. The Labute approximate surface area is 224 Å². The highest BCUT2D eigenvalue weighted by Gasteiger charge is 2.28. The van der Waals surface area contributed by atoms with Gasteiger partial charge in [0.05, 0.1) is 23.2 Å². The van der Waals surface area contributed by atoms with Crippen LogP contribution in [0.5, 0.6) is 11.5 Å². The molecule has 4 aromatic rings. The molecule has 4 rings (SSSR count). The number of sulfonamides is 1. The third kappa shape index (κ3) is 7.14. The Morgan fingerprint density at radius 2 is 1.63 bits per heavy atom. The molecule has 3 aromatic carbocycles. The molecule has 38 heavy (non-hydrogen) atoms. The molecular formula is C27H26FN3O5S2. The summed E-state index contributed by atoms with van der Waals surface area (Å²) in [4.78, 5) is 18.3. The first-order chi connectivity index (χ1) is 18.0. The average Bonchev–Trinajstić information content (AvgIpc) is 3.20. The van der Waals surface area contributed by atoms with E-state index < -0.39 is 20.7 Å². The van der Waals surface area contributed by atoms with Gasteiger partial charge in [-0.2, -0.15) is 8.42 Å². The van der Waals surface area contributed by atoms with E-state index in [0.29, 0.717) is 28.8 Å². The van der Waals surface area contributed by atoms with Crippen molar-refractivity contribution in [2.24, 2.45) is 0 Å². The van der Waals surface area contributed by atoms with Crippen molar-refractivity contribution in [1.29, 1.82) is 0 Å². The highest BCUT2D eigenvalue weighted by molar-refractivity contribution is 8.00. The van der Waals surface area contributed by atoms with Gasteiger partial charge in [-0.15, -0.1) is 0 Å². The Hall–Kier alpha value is -3.83. The van der Waals surface area contributed by atoms with E-state index in [-0.39, 0.29) is 17.1 Å². The van der Waals surface area contributed by atoms with Crippen molar-refractivity contribution < 1.29 is 27.4 Å². The second-order valence-electron chi connectivity index (χ2n) is 9.08. The molecule has 0 amide bonds. The van der Waals surface area contributed by atoms with Gasteiger partial charge in [-0.1, -0.05) is 42.1 Å². The third-order valence-corrected chi connectivity index (χ3v) is 7.85. The summed E-state index contributed by atoms with van der Waals surface area (Å²) in [6, 6.07) is 20.8. The number of ether oxygens (including phenoxy) is 1. The minimum Gasteiger partial charge on any atom is -0.481 e. The van der Waals surface area contributed by atoms with Crippen LogP contribution in [0.1, 0.15) is 31.5 Å². The van der Waals surface area contributed by atoms with Crippen LogP contribution in [0.3, 0.4) is 0 Å². The predicted molar refractivity (Wildman–Crippen MR) is 143 cm³/mol. The van der Waals surface area contributed by atoms with Gasteiger partial charge < -0.3 is 9.84 Å². The number of hydrogen-bond donors (Lipinski definition) is 2. The number of thioether (sulfide) groups is 1. The number of nitrogens with one attached hydrogen (secondary N) is 1. The fourth-order valence-electron chi connectivity index (χ4n) is 3.61. The van der Waals surface area contributed by atoms with Crippen molar-refractivity contribution >= 4 is 27.8 Å². The maximum atomic E-state index is 13.4. The molecule has 0 spiro atoms. The largest absolute Gasteiger partial charge is 0.481 e. The van der Waals surface area contributed by atoms with Gasteiger partial charge in [0.25, 0.3) is 10.0 Å². The number of carboxylic acid groups (broad SMARTS) is 1. The van der Waals surface area contributed by atoms with Gasteiger partial charge >= 0.3 is 5.97 Å². The maximum absolute atomic E-state index is 13.4. The quantitative estimate of drug-likeness (QED) is 0.229. The first kappa shape index (κ1) is 27.2. The van der Waals surface area contributed by atoms with E-state index in [9.17, 15) is 22.7 Å². The zero-order valence-corrected chi connectivity index (χ0v) is 22.3. The van der Waals surface area contributed by atoms with Crippen molar-refractivity contribution in [2.45, 2.75) is 41.5 Å². The van der Waals surface area contributed by atoms with Gasteiger partial charge in [0.2, 0.25) is 0 Å². The van der Waals surface area contributed by atoms with Gasteiger partial charge in [0, 0.05) is 11.2 Å². The maximum Gasteiger partial charge on any atom is 0.304 e. The second-order valence-corrected chi connectivity index (χ2v) is 12.4. The molecule has 1 heterocycles. The van der Waals surface area contributed by atoms with Crippen LogP contribution in [-0.4, -0.2) is 33.9 Å². The van der Waals surface area contributed by atoms with E-state index in [4.69, 9.17) is 4.74 Å². The molecule has 0 fully saturated rings. The molecule has 0 saturated carbocycles. The van der Waals surface area contributed by atoms with E-state index in [0.717, 1.165) is 5.56 Å². The number of aromatic nitrogens is 2. The smallest absolute Gasteiger partial charge is 0.304 e. The molecule has 0 unspecified atom stereocenters. The number of carboxylic acids is 1. The summed E-state index contributed by atoms with van der Waals surface area (Å²) in [5, 5.41) is 9.60. The van der Waals surface area contributed by atoms with E-state index in [2.05, 4.69) is 9.82 Å². The Morgan fingerprint density at radius 1 is 1.03 bits per heavy atom. The van der Waals surface area contributed by atoms with Gasteiger partial charge in [0.1, 0.15) is 17.3 Å². The zero-order chi connectivity index (χ0) is 27.3. The van der Waals surface area contributed by atoms with Crippen LogP contribution in [0.15, 0.2) is 95.1 Å². The average molecular weight is 556 g/mol. The standard InChI is InChI=1S/C27H26FN3O5S2/c1-27(2,17-25(32)33)37-26-29-18-21(16-19-6-4-3-5-7-19)31(26)30-38(34,35)24-14-12-23(13-15-24)36-22-10-8-20(28)9-11-22/h3-15,18,30H,16-17H2,1-2H3,(H,32,33).